The maximum absolute atomic E-state index is 11.3. The van der Waals surface area contributed by atoms with Gasteiger partial charge in [0.2, 0.25) is 0 Å². The van der Waals surface area contributed by atoms with Gasteiger partial charge in [-0.25, -0.2) is 0 Å². The fraction of sp³-hybridized carbons (Fsp3) is 0.417. The van der Waals surface area contributed by atoms with Crippen LogP contribution in [0, 0.1) is 0 Å². The second-order valence-corrected chi connectivity index (χ2v) is 5.30. The highest BCUT2D eigenvalue weighted by Crippen LogP contribution is 2.35. The van der Waals surface area contributed by atoms with Crippen LogP contribution in [0.2, 0.25) is 0 Å². The lowest BCUT2D eigenvalue weighted by Gasteiger charge is -2.19. The number of carbonyl (C=O) groups excluding carboxylic acids is 1. The van der Waals surface area contributed by atoms with Crippen LogP contribution in [-0.2, 0) is 9.53 Å². The number of cyclic esters (lactones) is 1. The lowest BCUT2D eigenvalue weighted by atomic mass is 9.91. The highest BCUT2D eigenvalue weighted by atomic mass is 79.9. The van der Waals surface area contributed by atoms with E-state index in [0.717, 1.165) is 0 Å². The van der Waals surface area contributed by atoms with E-state index in [1.165, 1.54) is 5.56 Å². The molecule has 2 rings (SSSR count). The Morgan fingerprint density at radius 3 is 2.67 bits per heavy atom. The van der Waals surface area contributed by atoms with Gasteiger partial charge in [-0.2, -0.15) is 0 Å². The Balaban J connectivity index is 2.24. The zero-order valence-electron chi connectivity index (χ0n) is 8.52. The molecule has 2 unspecified atom stereocenters. The monoisotopic (exact) mass is 268 g/mol. The maximum atomic E-state index is 11.3. The summed E-state index contributed by atoms with van der Waals surface area (Å²) in [6, 6.07) is 10.1. The van der Waals surface area contributed by atoms with Gasteiger partial charge in [0.25, 0.3) is 0 Å². The topological polar surface area (TPSA) is 26.3 Å². The Morgan fingerprint density at radius 1 is 1.40 bits per heavy atom. The Kier molecular flexibility index (Phi) is 3.10. The molecule has 3 heteroatoms. The Hall–Kier alpha value is -0.830. The van der Waals surface area contributed by atoms with Crippen LogP contribution in [0.25, 0.3) is 0 Å². The summed E-state index contributed by atoms with van der Waals surface area (Å²) in [5.41, 5.74) is 1.18. The van der Waals surface area contributed by atoms with Gasteiger partial charge in [-0.05, 0) is 12.5 Å². The standard InChI is InChI=1S/C12H13BrO2/c1-8(13)12-10(7-11(14)15-12)9-5-3-2-4-6-9/h2-6,8,10,12H,7H2,1H3/t8?,10-,12?/m0/s1. The second kappa shape index (κ2) is 4.35. The number of rotatable bonds is 2. The third-order valence-electron chi connectivity index (χ3n) is 2.73. The first-order valence-corrected chi connectivity index (χ1v) is 5.98. The molecule has 80 valence electrons. The fourth-order valence-electron chi connectivity index (χ4n) is 2.00. The van der Waals surface area contributed by atoms with Gasteiger partial charge in [0.1, 0.15) is 6.10 Å². The van der Waals surface area contributed by atoms with Crippen LogP contribution >= 0.6 is 15.9 Å². The van der Waals surface area contributed by atoms with E-state index in [4.69, 9.17) is 4.74 Å². The quantitative estimate of drug-likeness (QED) is 0.609. The van der Waals surface area contributed by atoms with E-state index in [0.29, 0.717) is 6.42 Å². The van der Waals surface area contributed by atoms with Gasteiger partial charge < -0.3 is 4.74 Å². The molecule has 1 saturated heterocycles. The molecule has 1 aromatic carbocycles. The third-order valence-corrected chi connectivity index (χ3v) is 3.25. The molecular weight excluding hydrogens is 256 g/mol. The molecule has 0 radical (unpaired) electrons. The first-order chi connectivity index (χ1) is 7.18. The van der Waals surface area contributed by atoms with E-state index in [9.17, 15) is 4.79 Å². The summed E-state index contributed by atoms with van der Waals surface area (Å²) < 4.78 is 5.30. The zero-order chi connectivity index (χ0) is 10.8. The molecule has 1 fully saturated rings. The van der Waals surface area contributed by atoms with Gasteiger partial charge in [-0.1, -0.05) is 46.3 Å². The van der Waals surface area contributed by atoms with Crippen molar-refractivity contribution in [2.24, 2.45) is 0 Å². The normalized spacial score (nSPS) is 27.5. The molecule has 1 aliphatic rings. The Labute approximate surface area is 97.8 Å². The van der Waals surface area contributed by atoms with Crippen molar-refractivity contribution in [1.82, 2.24) is 0 Å². The van der Waals surface area contributed by atoms with Gasteiger partial charge >= 0.3 is 5.97 Å². The summed E-state index contributed by atoms with van der Waals surface area (Å²) in [7, 11) is 0. The van der Waals surface area contributed by atoms with Crippen molar-refractivity contribution < 1.29 is 9.53 Å². The largest absolute Gasteiger partial charge is 0.460 e. The molecule has 15 heavy (non-hydrogen) atoms. The van der Waals surface area contributed by atoms with Gasteiger partial charge in [-0.3, -0.25) is 4.79 Å². The van der Waals surface area contributed by atoms with Crippen LogP contribution in [0.4, 0.5) is 0 Å². The van der Waals surface area contributed by atoms with Crippen LogP contribution in [0.3, 0.4) is 0 Å². The third kappa shape index (κ3) is 2.23. The molecule has 2 nitrogen and oxygen atoms in total. The summed E-state index contributed by atoms with van der Waals surface area (Å²) in [6.07, 6.45) is 0.449. The van der Waals surface area contributed by atoms with Crippen molar-refractivity contribution in [3.05, 3.63) is 35.9 Å². The van der Waals surface area contributed by atoms with E-state index >= 15 is 0 Å². The molecule has 0 N–H and O–H groups in total. The van der Waals surface area contributed by atoms with E-state index in [-0.39, 0.29) is 22.8 Å². The molecule has 1 aliphatic heterocycles. The number of carbonyl (C=O) groups is 1. The van der Waals surface area contributed by atoms with E-state index in [2.05, 4.69) is 28.1 Å². The van der Waals surface area contributed by atoms with Crippen LogP contribution < -0.4 is 0 Å². The molecule has 0 amide bonds. The van der Waals surface area contributed by atoms with Crippen molar-refractivity contribution in [3.63, 3.8) is 0 Å². The van der Waals surface area contributed by atoms with Gasteiger partial charge in [0.15, 0.2) is 0 Å². The second-order valence-electron chi connectivity index (χ2n) is 3.85. The lowest BCUT2D eigenvalue weighted by molar-refractivity contribution is -0.141. The fourth-order valence-corrected chi connectivity index (χ4v) is 2.48. The predicted octanol–water partition coefficient (Wildman–Crippen LogP) is 2.87. The lowest BCUT2D eigenvalue weighted by Crippen LogP contribution is -2.23. The molecule has 0 aliphatic carbocycles. The van der Waals surface area contributed by atoms with Gasteiger partial charge in [0, 0.05) is 10.7 Å². The number of benzene rings is 1. The molecule has 0 aromatic heterocycles. The van der Waals surface area contributed by atoms with E-state index < -0.39 is 0 Å². The van der Waals surface area contributed by atoms with Crippen molar-refractivity contribution in [1.29, 1.82) is 0 Å². The minimum absolute atomic E-state index is 0.0418. The first kappa shape index (κ1) is 10.7. The van der Waals surface area contributed by atoms with Crippen molar-refractivity contribution >= 4 is 21.9 Å². The van der Waals surface area contributed by atoms with Crippen LogP contribution in [0.1, 0.15) is 24.8 Å². The summed E-state index contributed by atoms with van der Waals surface area (Å²) in [4.78, 5) is 11.5. The van der Waals surface area contributed by atoms with E-state index in [1.807, 2.05) is 25.1 Å². The highest BCUT2D eigenvalue weighted by molar-refractivity contribution is 9.09. The van der Waals surface area contributed by atoms with E-state index in [1.54, 1.807) is 0 Å². The molecule has 0 bridgehead atoms. The number of halogens is 1. The smallest absolute Gasteiger partial charge is 0.306 e. The number of hydrogen-bond acceptors (Lipinski definition) is 2. The number of esters is 1. The van der Waals surface area contributed by atoms with Crippen molar-refractivity contribution in [2.45, 2.75) is 30.2 Å². The first-order valence-electron chi connectivity index (χ1n) is 5.07. The summed E-state index contributed by atoms with van der Waals surface area (Å²) in [6.45, 7) is 2.01. The summed E-state index contributed by atoms with van der Waals surface area (Å²) >= 11 is 3.49. The summed E-state index contributed by atoms with van der Waals surface area (Å²) in [5.74, 6) is 0.0910. The molecule has 0 saturated carbocycles. The van der Waals surface area contributed by atoms with Crippen LogP contribution in [0.15, 0.2) is 30.3 Å². The SMILES string of the molecule is CC(Br)C1OC(=O)C[C@H]1c1ccccc1. The molecular formula is C12H13BrO2. The van der Waals surface area contributed by atoms with Crippen LogP contribution in [-0.4, -0.2) is 16.9 Å². The highest BCUT2D eigenvalue weighted by Gasteiger charge is 2.38. The minimum Gasteiger partial charge on any atom is -0.460 e. The van der Waals surface area contributed by atoms with Crippen molar-refractivity contribution in [3.8, 4) is 0 Å². The van der Waals surface area contributed by atoms with Gasteiger partial charge in [-0.15, -0.1) is 0 Å². The molecule has 1 heterocycles. The minimum atomic E-state index is -0.0971. The predicted molar refractivity (Wildman–Crippen MR) is 62.1 cm³/mol. The molecule has 1 aromatic rings. The average Bonchev–Trinajstić information content (AvgIpc) is 2.62. The Bertz CT molecular complexity index is 348. The summed E-state index contributed by atoms with van der Waals surface area (Å²) in [5, 5.41) is 0. The average molecular weight is 269 g/mol. The maximum Gasteiger partial charge on any atom is 0.306 e. The number of hydrogen-bond donors (Lipinski definition) is 0. The van der Waals surface area contributed by atoms with Crippen molar-refractivity contribution in [2.75, 3.05) is 0 Å². The molecule has 3 atom stereocenters. The number of ether oxygens (including phenoxy) is 1. The molecule has 0 spiro atoms. The zero-order valence-corrected chi connectivity index (χ0v) is 10.1. The Morgan fingerprint density at radius 2 is 2.07 bits per heavy atom. The van der Waals surface area contributed by atoms with Gasteiger partial charge in [0.05, 0.1) is 6.42 Å². The van der Waals surface area contributed by atoms with Crippen LogP contribution in [0.5, 0.6) is 0 Å². The number of alkyl halides is 1.